The SMILES string of the molecule is CN1CCC[C@@H]1C(=O)N[C@@H](Cc1ccc(F)c(F)c1)C(=O)NCc1ccc(N)nc1.Cl.Cl. The van der Waals surface area contributed by atoms with Gasteiger partial charge in [-0.3, -0.25) is 14.5 Å². The number of halogens is 4. The fraction of sp³-hybridized carbons (Fsp3) is 0.381. The molecular weight excluding hydrogens is 463 g/mol. The van der Waals surface area contributed by atoms with Gasteiger partial charge in [-0.15, -0.1) is 24.8 Å². The van der Waals surface area contributed by atoms with Crippen LogP contribution in [-0.4, -0.2) is 47.4 Å². The summed E-state index contributed by atoms with van der Waals surface area (Å²) < 4.78 is 26.9. The first-order chi connectivity index (χ1) is 14.3. The third-order valence-corrected chi connectivity index (χ3v) is 5.19. The molecule has 0 bridgehead atoms. The van der Waals surface area contributed by atoms with Gasteiger partial charge in [-0.05, 0) is 55.8 Å². The maximum atomic E-state index is 13.6. The van der Waals surface area contributed by atoms with E-state index < -0.39 is 23.6 Å². The van der Waals surface area contributed by atoms with Gasteiger partial charge in [-0.1, -0.05) is 12.1 Å². The summed E-state index contributed by atoms with van der Waals surface area (Å²) in [6, 6.07) is 5.55. The average molecular weight is 490 g/mol. The van der Waals surface area contributed by atoms with E-state index in [-0.39, 0.29) is 49.7 Å². The van der Waals surface area contributed by atoms with Gasteiger partial charge in [-0.25, -0.2) is 13.8 Å². The van der Waals surface area contributed by atoms with Gasteiger partial charge in [0.05, 0.1) is 6.04 Å². The van der Waals surface area contributed by atoms with E-state index in [4.69, 9.17) is 5.73 Å². The molecular formula is C21H27Cl2F2N5O2. The van der Waals surface area contributed by atoms with Gasteiger partial charge in [0, 0.05) is 19.2 Å². The normalized spacial score (nSPS) is 16.4. The fourth-order valence-electron chi connectivity index (χ4n) is 3.47. The topological polar surface area (TPSA) is 100 Å². The van der Waals surface area contributed by atoms with Crippen LogP contribution in [0.25, 0.3) is 0 Å². The maximum absolute atomic E-state index is 13.6. The highest BCUT2D eigenvalue weighted by Crippen LogP contribution is 2.16. The number of carbonyl (C=O) groups is 2. The van der Waals surface area contributed by atoms with E-state index in [2.05, 4.69) is 15.6 Å². The molecule has 32 heavy (non-hydrogen) atoms. The monoisotopic (exact) mass is 489 g/mol. The molecule has 3 rings (SSSR count). The predicted molar refractivity (Wildman–Crippen MR) is 123 cm³/mol. The number of anilines is 1. The number of nitrogens with two attached hydrogens (primary N) is 1. The molecule has 1 fully saturated rings. The number of hydrogen-bond acceptors (Lipinski definition) is 5. The van der Waals surface area contributed by atoms with Gasteiger partial charge in [-0.2, -0.15) is 0 Å². The van der Waals surface area contributed by atoms with Crippen molar-refractivity contribution in [2.24, 2.45) is 0 Å². The summed E-state index contributed by atoms with van der Waals surface area (Å²) in [5.41, 5.74) is 6.71. The Hall–Kier alpha value is -2.49. The first kappa shape index (κ1) is 27.5. The smallest absolute Gasteiger partial charge is 0.243 e. The zero-order chi connectivity index (χ0) is 21.7. The highest BCUT2D eigenvalue weighted by atomic mass is 35.5. The Morgan fingerprint density at radius 2 is 1.91 bits per heavy atom. The Morgan fingerprint density at radius 1 is 1.19 bits per heavy atom. The summed E-state index contributed by atoms with van der Waals surface area (Å²) in [4.78, 5) is 31.4. The summed E-state index contributed by atoms with van der Waals surface area (Å²) in [5, 5.41) is 5.53. The number of aromatic nitrogens is 1. The number of likely N-dealkylation sites (N-methyl/N-ethyl adjacent to an activating group) is 1. The lowest BCUT2D eigenvalue weighted by atomic mass is 10.0. The van der Waals surface area contributed by atoms with Gasteiger partial charge in [0.1, 0.15) is 11.9 Å². The summed E-state index contributed by atoms with van der Waals surface area (Å²) >= 11 is 0. The van der Waals surface area contributed by atoms with Crippen molar-refractivity contribution in [1.29, 1.82) is 0 Å². The summed E-state index contributed by atoms with van der Waals surface area (Å²) in [7, 11) is 1.86. The van der Waals surface area contributed by atoms with Crippen molar-refractivity contribution in [3.63, 3.8) is 0 Å². The van der Waals surface area contributed by atoms with Crippen LogP contribution in [-0.2, 0) is 22.6 Å². The molecule has 2 aromatic rings. The van der Waals surface area contributed by atoms with Crippen molar-refractivity contribution < 1.29 is 18.4 Å². The number of amides is 2. The molecule has 4 N–H and O–H groups in total. The molecule has 0 unspecified atom stereocenters. The van der Waals surface area contributed by atoms with E-state index in [0.717, 1.165) is 30.7 Å². The van der Waals surface area contributed by atoms with Gasteiger partial charge >= 0.3 is 0 Å². The fourth-order valence-corrected chi connectivity index (χ4v) is 3.47. The number of benzene rings is 1. The summed E-state index contributed by atoms with van der Waals surface area (Å²) in [6.45, 7) is 1.00. The zero-order valence-corrected chi connectivity index (χ0v) is 19.1. The van der Waals surface area contributed by atoms with E-state index in [9.17, 15) is 18.4 Å². The van der Waals surface area contributed by atoms with Crippen LogP contribution in [0.1, 0.15) is 24.0 Å². The lowest BCUT2D eigenvalue weighted by Gasteiger charge is -2.24. The molecule has 0 spiro atoms. The Kier molecular flexibility index (Phi) is 10.8. The van der Waals surface area contributed by atoms with Crippen LogP contribution in [0.3, 0.4) is 0 Å². The molecule has 1 aromatic carbocycles. The second-order valence-corrected chi connectivity index (χ2v) is 7.46. The number of nitrogens with zero attached hydrogens (tertiary/aromatic N) is 2. The van der Waals surface area contributed by atoms with E-state index in [1.165, 1.54) is 6.07 Å². The van der Waals surface area contributed by atoms with Gasteiger partial charge in [0.2, 0.25) is 11.8 Å². The minimum atomic E-state index is -0.999. The van der Waals surface area contributed by atoms with Crippen molar-refractivity contribution in [1.82, 2.24) is 20.5 Å². The summed E-state index contributed by atoms with van der Waals surface area (Å²) in [6.07, 6.45) is 3.19. The first-order valence-corrected chi connectivity index (χ1v) is 9.76. The number of hydrogen-bond donors (Lipinski definition) is 3. The van der Waals surface area contributed by atoms with Crippen molar-refractivity contribution in [2.45, 2.75) is 37.9 Å². The molecule has 2 atom stereocenters. The minimum absolute atomic E-state index is 0. The number of nitrogens with one attached hydrogen (secondary N) is 2. The molecule has 0 saturated carbocycles. The van der Waals surface area contributed by atoms with Crippen LogP contribution in [0, 0.1) is 11.6 Å². The second kappa shape index (κ2) is 12.5. The van der Waals surface area contributed by atoms with Crippen LogP contribution >= 0.6 is 24.8 Å². The molecule has 2 heterocycles. The third-order valence-electron chi connectivity index (χ3n) is 5.19. The molecule has 0 aliphatic carbocycles. The number of likely N-dealkylation sites (tertiary alicyclic amines) is 1. The van der Waals surface area contributed by atoms with Crippen molar-refractivity contribution >= 4 is 42.4 Å². The number of rotatable bonds is 7. The molecule has 11 heteroatoms. The van der Waals surface area contributed by atoms with Gasteiger partial charge in [0.25, 0.3) is 0 Å². The highest BCUT2D eigenvalue weighted by Gasteiger charge is 2.31. The van der Waals surface area contributed by atoms with E-state index in [0.29, 0.717) is 17.8 Å². The molecule has 2 amide bonds. The van der Waals surface area contributed by atoms with E-state index >= 15 is 0 Å². The molecule has 7 nitrogen and oxygen atoms in total. The first-order valence-electron chi connectivity index (χ1n) is 9.76. The van der Waals surface area contributed by atoms with Crippen molar-refractivity contribution in [3.05, 3.63) is 59.3 Å². The minimum Gasteiger partial charge on any atom is -0.384 e. The Balaban J connectivity index is 0.00000256. The zero-order valence-electron chi connectivity index (χ0n) is 17.5. The Labute approximate surface area is 198 Å². The Bertz CT molecular complexity index is 918. The van der Waals surface area contributed by atoms with E-state index in [1.54, 1.807) is 18.3 Å². The van der Waals surface area contributed by atoms with Crippen LogP contribution < -0.4 is 16.4 Å². The van der Waals surface area contributed by atoms with Crippen LogP contribution in [0.2, 0.25) is 0 Å². The summed E-state index contributed by atoms with van der Waals surface area (Å²) in [5.74, 6) is -2.28. The highest BCUT2D eigenvalue weighted by molar-refractivity contribution is 5.90. The van der Waals surface area contributed by atoms with Crippen LogP contribution in [0.4, 0.5) is 14.6 Å². The van der Waals surface area contributed by atoms with E-state index in [1.807, 2.05) is 11.9 Å². The third kappa shape index (κ3) is 7.29. The van der Waals surface area contributed by atoms with Crippen molar-refractivity contribution in [3.8, 4) is 0 Å². The molecule has 1 aliphatic rings. The lowest BCUT2D eigenvalue weighted by molar-refractivity contribution is -0.131. The maximum Gasteiger partial charge on any atom is 0.243 e. The Morgan fingerprint density at radius 3 is 2.50 bits per heavy atom. The predicted octanol–water partition coefficient (Wildman–Crippen LogP) is 2.22. The standard InChI is InChI=1S/C21H25F2N5O2.2ClH/c1-28-8-2-3-18(28)21(30)27-17(10-13-4-6-15(22)16(23)9-13)20(29)26-12-14-5-7-19(24)25-11-14;;/h4-7,9,11,17-18H,2-3,8,10,12H2,1H3,(H2,24,25)(H,26,29)(H,27,30);2*1H/t17-,18+;;/m0../s1. The second-order valence-electron chi connectivity index (χ2n) is 7.46. The largest absolute Gasteiger partial charge is 0.384 e. The van der Waals surface area contributed by atoms with Crippen LogP contribution in [0.15, 0.2) is 36.5 Å². The number of pyridine rings is 1. The lowest BCUT2D eigenvalue weighted by Crippen LogP contribution is -2.52. The van der Waals surface area contributed by atoms with Gasteiger partial charge in [0.15, 0.2) is 11.6 Å². The van der Waals surface area contributed by atoms with Gasteiger partial charge < -0.3 is 16.4 Å². The molecule has 176 valence electrons. The van der Waals surface area contributed by atoms with Crippen LogP contribution in [0.5, 0.6) is 0 Å². The average Bonchev–Trinajstić information content (AvgIpc) is 3.15. The number of carbonyl (C=O) groups excluding carboxylic acids is 2. The molecule has 0 radical (unpaired) electrons. The molecule has 1 aromatic heterocycles. The molecule has 1 aliphatic heterocycles. The number of nitrogen functional groups attached to an aromatic ring is 1. The quantitative estimate of drug-likeness (QED) is 0.553. The molecule has 1 saturated heterocycles. The van der Waals surface area contributed by atoms with Crippen molar-refractivity contribution in [2.75, 3.05) is 19.3 Å².